The third kappa shape index (κ3) is 3.32. The second-order valence-electron chi connectivity index (χ2n) is 5.65. The molecule has 1 fully saturated rings. The van der Waals surface area contributed by atoms with Crippen LogP contribution in [0.3, 0.4) is 0 Å². The first kappa shape index (κ1) is 16.9. The van der Waals surface area contributed by atoms with Gasteiger partial charge >= 0.3 is 0 Å². The van der Waals surface area contributed by atoms with Crippen molar-refractivity contribution in [2.45, 2.75) is 30.9 Å². The second kappa shape index (κ2) is 6.34. The zero-order valence-electron chi connectivity index (χ0n) is 12.5. The van der Waals surface area contributed by atoms with E-state index in [1.54, 1.807) is 12.1 Å². The maximum Gasteiger partial charge on any atom is 0.244 e. The van der Waals surface area contributed by atoms with Crippen molar-refractivity contribution in [1.82, 2.24) is 9.21 Å². The average Bonchev–Trinajstić information content (AvgIpc) is 2.92. The standard InChI is InChI=1S/C14H21BrN2O3S/c1-10-6-11(9-18)7-13(14(10)15)21(19,20)17-5-4-12(8-17)16(2)3/h6-7,12,18H,4-5,8-9H2,1-3H3. The lowest BCUT2D eigenvalue weighted by molar-refractivity contribution is 0.281. The van der Waals surface area contributed by atoms with E-state index in [0.717, 1.165) is 12.0 Å². The maximum absolute atomic E-state index is 12.8. The number of nitrogens with zero attached hydrogens (tertiary/aromatic N) is 2. The molecule has 118 valence electrons. The van der Waals surface area contributed by atoms with Gasteiger partial charge in [-0.2, -0.15) is 4.31 Å². The first-order valence-corrected chi connectivity index (χ1v) is 9.07. The smallest absolute Gasteiger partial charge is 0.244 e. The summed E-state index contributed by atoms with van der Waals surface area (Å²) in [4.78, 5) is 2.30. The van der Waals surface area contributed by atoms with Gasteiger partial charge in [0.2, 0.25) is 10.0 Å². The molecule has 0 spiro atoms. The van der Waals surface area contributed by atoms with Crippen molar-refractivity contribution in [2.75, 3.05) is 27.2 Å². The number of aliphatic hydroxyl groups excluding tert-OH is 1. The maximum atomic E-state index is 12.8. The molecule has 1 unspecified atom stereocenters. The first-order valence-electron chi connectivity index (χ1n) is 6.84. The lowest BCUT2D eigenvalue weighted by atomic mass is 10.1. The van der Waals surface area contributed by atoms with Crippen LogP contribution < -0.4 is 0 Å². The molecular weight excluding hydrogens is 356 g/mol. The Morgan fingerprint density at radius 2 is 2.10 bits per heavy atom. The molecule has 0 saturated carbocycles. The van der Waals surface area contributed by atoms with Crippen molar-refractivity contribution in [3.63, 3.8) is 0 Å². The topological polar surface area (TPSA) is 60.9 Å². The Morgan fingerprint density at radius 3 is 2.62 bits per heavy atom. The van der Waals surface area contributed by atoms with Gasteiger partial charge in [0.1, 0.15) is 0 Å². The number of aryl methyl sites for hydroxylation is 1. The summed E-state index contributed by atoms with van der Waals surface area (Å²) < 4.78 is 27.8. The monoisotopic (exact) mass is 376 g/mol. The SMILES string of the molecule is Cc1cc(CO)cc(S(=O)(=O)N2CCC(N(C)C)C2)c1Br. The lowest BCUT2D eigenvalue weighted by Gasteiger charge is -2.21. The second-order valence-corrected chi connectivity index (χ2v) is 8.35. The largest absolute Gasteiger partial charge is 0.392 e. The minimum Gasteiger partial charge on any atom is -0.392 e. The molecule has 0 radical (unpaired) electrons. The Hall–Kier alpha value is -0.470. The van der Waals surface area contributed by atoms with Crippen molar-refractivity contribution >= 4 is 26.0 Å². The van der Waals surface area contributed by atoms with E-state index in [4.69, 9.17) is 0 Å². The lowest BCUT2D eigenvalue weighted by Crippen LogP contribution is -2.34. The van der Waals surface area contributed by atoms with Gasteiger partial charge < -0.3 is 10.0 Å². The third-order valence-electron chi connectivity index (χ3n) is 3.94. The summed E-state index contributed by atoms with van der Waals surface area (Å²) in [6, 6.07) is 3.59. The van der Waals surface area contributed by atoms with E-state index in [9.17, 15) is 13.5 Å². The molecule has 1 heterocycles. The van der Waals surface area contributed by atoms with Crippen molar-refractivity contribution in [3.05, 3.63) is 27.7 Å². The molecule has 1 aliphatic rings. The Morgan fingerprint density at radius 1 is 1.43 bits per heavy atom. The highest BCUT2D eigenvalue weighted by atomic mass is 79.9. The van der Waals surface area contributed by atoms with Crippen molar-refractivity contribution in [2.24, 2.45) is 0 Å². The molecule has 1 N–H and O–H groups in total. The molecule has 0 aromatic heterocycles. The number of hydrogen-bond acceptors (Lipinski definition) is 4. The predicted octanol–water partition coefficient (Wildman–Crippen LogP) is 1.57. The van der Waals surface area contributed by atoms with Gasteiger partial charge in [-0.1, -0.05) is 6.07 Å². The Bertz CT molecular complexity index is 631. The van der Waals surface area contributed by atoms with Crippen LogP contribution in [0.15, 0.2) is 21.5 Å². The fourth-order valence-electron chi connectivity index (χ4n) is 2.58. The summed E-state index contributed by atoms with van der Waals surface area (Å²) in [5.41, 5.74) is 1.42. The van der Waals surface area contributed by atoms with Crippen LogP contribution in [0.1, 0.15) is 17.5 Å². The summed E-state index contributed by atoms with van der Waals surface area (Å²) in [6.45, 7) is 2.69. The number of hydrogen-bond donors (Lipinski definition) is 1. The van der Waals surface area contributed by atoms with Gasteiger partial charge in [-0.3, -0.25) is 0 Å². The number of sulfonamides is 1. The highest BCUT2D eigenvalue weighted by Crippen LogP contribution is 2.31. The number of aliphatic hydroxyl groups is 1. The molecule has 21 heavy (non-hydrogen) atoms. The van der Waals surface area contributed by atoms with Gasteiger partial charge in [0.25, 0.3) is 0 Å². The van der Waals surface area contributed by atoms with E-state index < -0.39 is 10.0 Å². The van der Waals surface area contributed by atoms with Crippen molar-refractivity contribution < 1.29 is 13.5 Å². The highest BCUT2D eigenvalue weighted by molar-refractivity contribution is 9.10. The summed E-state index contributed by atoms with van der Waals surface area (Å²) >= 11 is 3.37. The van der Waals surface area contributed by atoms with E-state index in [1.165, 1.54) is 4.31 Å². The van der Waals surface area contributed by atoms with Crippen LogP contribution in [0.25, 0.3) is 0 Å². The zero-order chi connectivity index (χ0) is 15.8. The summed E-state index contributed by atoms with van der Waals surface area (Å²) in [7, 11) is 0.389. The predicted molar refractivity (Wildman–Crippen MR) is 85.7 cm³/mol. The van der Waals surface area contributed by atoms with Crippen molar-refractivity contribution in [1.29, 1.82) is 0 Å². The fourth-order valence-corrected chi connectivity index (χ4v) is 5.10. The van der Waals surface area contributed by atoms with Crippen LogP contribution in [0.4, 0.5) is 0 Å². The van der Waals surface area contributed by atoms with E-state index in [-0.39, 0.29) is 17.5 Å². The molecule has 0 amide bonds. The van der Waals surface area contributed by atoms with Gasteiger partial charge in [-0.15, -0.1) is 0 Å². The zero-order valence-corrected chi connectivity index (χ0v) is 14.9. The molecule has 2 rings (SSSR count). The molecule has 1 aromatic carbocycles. The Balaban J connectivity index is 2.39. The molecule has 7 heteroatoms. The quantitative estimate of drug-likeness (QED) is 0.866. The van der Waals surface area contributed by atoms with Crippen LogP contribution in [0.2, 0.25) is 0 Å². The summed E-state index contributed by atoms with van der Waals surface area (Å²) in [5.74, 6) is 0. The van der Waals surface area contributed by atoms with E-state index in [1.807, 2.05) is 21.0 Å². The van der Waals surface area contributed by atoms with Gasteiger partial charge in [0.15, 0.2) is 0 Å². The summed E-state index contributed by atoms with van der Waals surface area (Å²) in [6.07, 6.45) is 0.836. The van der Waals surface area contributed by atoms with Crippen molar-refractivity contribution in [3.8, 4) is 0 Å². The number of halogens is 1. The summed E-state index contributed by atoms with van der Waals surface area (Å²) in [5, 5.41) is 9.29. The molecule has 1 aromatic rings. The molecule has 0 aliphatic carbocycles. The average molecular weight is 377 g/mol. The number of likely N-dealkylation sites (N-methyl/N-ethyl adjacent to an activating group) is 1. The minimum atomic E-state index is -3.54. The number of benzene rings is 1. The van der Waals surface area contributed by atoms with Crippen LogP contribution in [0.5, 0.6) is 0 Å². The highest BCUT2D eigenvalue weighted by Gasteiger charge is 2.34. The third-order valence-corrected chi connectivity index (χ3v) is 7.14. The van der Waals surface area contributed by atoms with Gasteiger partial charge in [-0.25, -0.2) is 8.42 Å². The number of rotatable bonds is 4. The molecule has 1 saturated heterocycles. The van der Waals surface area contributed by atoms with Gasteiger partial charge in [-0.05, 0) is 60.6 Å². The van der Waals surface area contributed by atoms with Crippen LogP contribution in [-0.2, 0) is 16.6 Å². The molecule has 1 atom stereocenters. The Kier molecular flexibility index (Phi) is 5.10. The molecular formula is C14H21BrN2O3S. The molecule has 5 nitrogen and oxygen atoms in total. The van der Waals surface area contributed by atoms with E-state index in [2.05, 4.69) is 20.8 Å². The van der Waals surface area contributed by atoms with Crippen LogP contribution in [-0.4, -0.2) is 56.0 Å². The van der Waals surface area contributed by atoms with Gasteiger partial charge in [0, 0.05) is 23.6 Å². The van der Waals surface area contributed by atoms with E-state index >= 15 is 0 Å². The van der Waals surface area contributed by atoms with E-state index in [0.29, 0.717) is 23.1 Å². The van der Waals surface area contributed by atoms with Gasteiger partial charge in [0.05, 0.1) is 11.5 Å². The minimum absolute atomic E-state index is 0.170. The normalized spacial score (nSPS) is 20.4. The first-order chi connectivity index (χ1) is 9.77. The fraction of sp³-hybridized carbons (Fsp3) is 0.571. The van der Waals surface area contributed by atoms with Crippen LogP contribution in [0, 0.1) is 6.92 Å². The molecule has 0 bridgehead atoms. The molecule has 1 aliphatic heterocycles. The van der Waals surface area contributed by atoms with Crippen LogP contribution >= 0.6 is 15.9 Å². The Labute approximate surface area is 134 Å².